The van der Waals surface area contributed by atoms with E-state index < -0.39 is 19.8 Å². The lowest BCUT2D eigenvalue weighted by Crippen LogP contribution is -2.33. The van der Waals surface area contributed by atoms with Crippen molar-refractivity contribution in [2.24, 2.45) is 4.99 Å². The van der Waals surface area contributed by atoms with E-state index in [2.05, 4.69) is 34.9 Å². The van der Waals surface area contributed by atoms with Crippen molar-refractivity contribution in [3.63, 3.8) is 0 Å². The van der Waals surface area contributed by atoms with Gasteiger partial charge in [-0.15, -0.1) is 0 Å². The summed E-state index contributed by atoms with van der Waals surface area (Å²) in [7, 11) is -1.22. The first-order chi connectivity index (χ1) is 19.8. The number of aromatic nitrogens is 3. The van der Waals surface area contributed by atoms with Crippen molar-refractivity contribution in [3.8, 4) is 17.0 Å². The highest BCUT2D eigenvalue weighted by atomic mass is 35.5. The molecule has 5 rings (SSSR count). The number of amidine groups is 1. The molecule has 0 amide bonds. The van der Waals surface area contributed by atoms with E-state index in [9.17, 15) is 13.2 Å². The molecule has 0 saturated carbocycles. The van der Waals surface area contributed by atoms with E-state index in [1.165, 1.54) is 25.3 Å². The van der Waals surface area contributed by atoms with Gasteiger partial charge in [-0.3, -0.25) is 0 Å². The zero-order chi connectivity index (χ0) is 30.4. The predicted molar refractivity (Wildman–Crippen MR) is 160 cm³/mol. The highest BCUT2D eigenvalue weighted by Crippen LogP contribution is 2.48. The summed E-state index contributed by atoms with van der Waals surface area (Å²) in [5.74, 6) is 0.778. The Kier molecular flexibility index (Phi) is 8.03. The molecular weight excluding hydrogens is 587 g/mol. The second kappa shape index (κ2) is 11.3. The van der Waals surface area contributed by atoms with Gasteiger partial charge < -0.3 is 30.0 Å². The standard InChI is InChI=1S/C28H33ClF3N7O2Si/c1-16-10-21(33)37-25(23(16)28(30,31)32)18-11-20-22-26(24(18)29)35-13-36-27(22)39(6-7-41-20)17(2)19-12-34-14-38(19)15-40-8-9-42(3,4)5/h6-7,10-12,14,17,35H,8-9,13,15H2,1-5H3,(H2,33,37). The minimum absolute atomic E-state index is 0.0466. The molecule has 3 N–H and O–H groups in total. The maximum atomic E-state index is 14.2. The fourth-order valence-corrected chi connectivity index (χ4v) is 6.11. The number of aliphatic imine (C=N–C) groups is 1. The maximum absolute atomic E-state index is 14.2. The summed E-state index contributed by atoms with van der Waals surface area (Å²) < 4.78 is 56.3. The number of hydrogen-bond acceptors (Lipinski definition) is 8. The Morgan fingerprint density at radius 1 is 1.26 bits per heavy atom. The van der Waals surface area contributed by atoms with Crippen LogP contribution < -0.4 is 15.8 Å². The van der Waals surface area contributed by atoms with Gasteiger partial charge in [0.05, 0.1) is 51.8 Å². The maximum Gasteiger partial charge on any atom is 0.418 e. The lowest BCUT2D eigenvalue weighted by Gasteiger charge is -2.32. The Morgan fingerprint density at radius 2 is 2.02 bits per heavy atom. The lowest BCUT2D eigenvalue weighted by molar-refractivity contribution is -0.137. The first-order valence-electron chi connectivity index (χ1n) is 13.5. The van der Waals surface area contributed by atoms with Gasteiger partial charge in [-0.05, 0) is 37.6 Å². The molecule has 0 radical (unpaired) electrons. The molecule has 1 unspecified atom stereocenters. The van der Waals surface area contributed by atoms with Crippen LogP contribution in [0.5, 0.6) is 5.75 Å². The summed E-state index contributed by atoms with van der Waals surface area (Å²) in [4.78, 5) is 15.0. The summed E-state index contributed by atoms with van der Waals surface area (Å²) in [6.07, 6.45) is 2.03. The van der Waals surface area contributed by atoms with Gasteiger partial charge in [0.15, 0.2) is 0 Å². The van der Waals surface area contributed by atoms with Crippen LogP contribution in [0.1, 0.15) is 35.3 Å². The molecule has 0 saturated heterocycles. The van der Waals surface area contributed by atoms with Crippen molar-refractivity contribution in [3.05, 3.63) is 64.5 Å². The summed E-state index contributed by atoms with van der Waals surface area (Å²) in [6.45, 7) is 11.4. The molecule has 0 spiro atoms. The molecule has 2 aliphatic heterocycles. The summed E-state index contributed by atoms with van der Waals surface area (Å²) in [6, 6.07) is 3.45. The monoisotopic (exact) mass is 619 g/mol. The summed E-state index contributed by atoms with van der Waals surface area (Å²) >= 11 is 6.83. The van der Waals surface area contributed by atoms with Crippen molar-refractivity contribution in [1.29, 1.82) is 0 Å². The average molecular weight is 620 g/mol. The van der Waals surface area contributed by atoms with Crippen LogP contribution in [-0.2, 0) is 17.6 Å². The van der Waals surface area contributed by atoms with Crippen LogP contribution >= 0.6 is 11.6 Å². The van der Waals surface area contributed by atoms with Crippen LogP contribution in [0.3, 0.4) is 0 Å². The van der Waals surface area contributed by atoms with Crippen molar-refractivity contribution in [1.82, 2.24) is 19.4 Å². The summed E-state index contributed by atoms with van der Waals surface area (Å²) in [5.41, 5.74) is 6.40. The van der Waals surface area contributed by atoms with Crippen LogP contribution in [0, 0.1) is 6.92 Å². The van der Waals surface area contributed by atoms with Gasteiger partial charge >= 0.3 is 6.18 Å². The third-order valence-electron chi connectivity index (χ3n) is 7.19. The number of imidazole rings is 1. The number of hydrogen-bond donors (Lipinski definition) is 2. The second-order valence-electron chi connectivity index (χ2n) is 11.5. The molecule has 0 aliphatic carbocycles. The third-order valence-corrected chi connectivity index (χ3v) is 9.29. The Bertz CT molecular complexity index is 1570. The van der Waals surface area contributed by atoms with Crippen molar-refractivity contribution >= 4 is 37.0 Å². The number of anilines is 2. The van der Waals surface area contributed by atoms with Gasteiger partial charge in [0, 0.05) is 26.4 Å². The molecule has 4 heterocycles. The number of aryl methyl sites for hydroxylation is 1. The number of nitrogens with zero attached hydrogens (tertiary/aromatic N) is 5. The van der Waals surface area contributed by atoms with Gasteiger partial charge in [-0.1, -0.05) is 31.2 Å². The lowest BCUT2D eigenvalue weighted by atomic mass is 9.97. The largest absolute Gasteiger partial charge is 0.463 e. The van der Waals surface area contributed by atoms with E-state index in [-0.39, 0.29) is 46.1 Å². The molecule has 224 valence electrons. The molecule has 2 aliphatic rings. The average Bonchev–Trinajstić information content (AvgIpc) is 3.28. The molecule has 0 fully saturated rings. The smallest absolute Gasteiger partial charge is 0.418 e. The first-order valence-corrected chi connectivity index (χ1v) is 17.5. The van der Waals surface area contributed by atoms with E-state index in [0.717, 1.165) is 11.7 Å². The van der Waals surface area contributed by atoms with E-state index in [1.807, 2.05) is 16.4 Å². The SMILES string of the molecule is Cc1cc(N)nc(-c2cc3c4c(c2Cl)NCN=C4N(C(C)c2cncn2COCC[Si](C)(C)C)C=CO3)c1C(F)(F)F. The quantitative estimate of drug-likeness (QED) is 0.209. The van der Waals surface area contributed by atoms with Crippen LogP contribution in [-0.4, -0.2) is 46.6 Å². The number of alkyl halides is 3. The molecule has 3 aromatic rings. The van der Waals surface area contributed by atoms with Gasteiger partial charge in [0.2, 0.25) is 0 Å². The predicted octanol–water partition coefficient (Wildman–Crippen LogP) is 6.88. The molecule has 1 aromatic carbocycles. The summed E-state index contributed by atoms with van der Waals surface area (Å²) in [5, 5.41) is 3.18. The number of benzene rings is 1. The number of nitrogens with one attached hydrogen (secondary N) is 1. The van der Waals surface area contributed by atoms with Crippen molar-refractivity contribution in [2.75, 3.05) is 24.3 Å². The second-order valence-corrected chi connectivity index (χ2v) is 17.5. The minimum atomic E-state index is -4.68. The number of ether oxygens (including phenoxy) is 2. The Labute approximate surface area is 248 Å². The van der Waals surface area contributed by atoms with Gasteiger partial charge in [0.25, 0.3) is 0 Å². The zero-order valence-electron chi connectivity index (χ0n) is 24.0. The molecule has 0 bridgehead atoms. The first kappa shape index (κ1) is 29.9. The number of halogens is 4. The molecular formula is C28H33ClF3N7O2Si. The Hall–Kier alpha value is -3.55. The van der Waals surface area contributed by atoms with E-state index in [4.69, 9.17) is 31.8 Å². The molecule has 2 aromatic heterocycles. The molecule has 42 heavy (non-hydrogen) atoms. The Balaban J connectivity index is 1.52. The van der Waals surface area contributed by atoms with Crippen LogP contribution in [0.15, 0.2) is 42.1 Å². The highest BCUT2D eigenvalue weighted by Gasteiger charge is 2.39. The highest BCUT2D eigenvalue weighted by molar-refractivity contribution is 6.76. The number of nitrogen functional groups attached to an aromatic ring is 1. The van der Waals surface area contributed by atoms with Crippen molar-refractivity contribution in [2.45, 2.75) is 58.5 Å². The molecule has 9 nitrogen and oxygen atoms in total. The van der Waals surface area contributed by atoms with E-state index >= 15 is 0 Å². The topological polar surface area (TPSA) is 103 Å². The van der Waals surface area contributed by atoms with Crippen LogP contribution in [0.25, 0.3) is 11.3 Å². The van der Waals surface area contributed by atoms with Gasteiger partial charge in [-0.25, -0.2) is 15.0 Å². The van der Waals surface area contributed by atoms with Crippen LogP contribution in [0.4, 0.5) is 24.7 Å². The number of rotatable bonds is 8. The molecule has 14 heteroatoms. The van der Waals surface area contributed by atoms with Crippen molar-refractivity contribution < 1.29 is 22.6 Å². The fraction of sp³-hybridized carbons (Fsp3) is 0.393. The normalized spacial score (nSPS) is 15.5. The van der Waals surface area contributed by atoms with E-state index in [0.29, 0.717) is 30.4 Å². The third kappa shape index (κ3) is 5.85. The molecule has 1 atom stereocenters. The Morgan fingerprint density at radius 3 is 2.74 bits per heavy atom. The fourth-order valence-electron chi connectivity index (χ4n) is 5.04. The number of pyridine rings is 1. The van der Waals surface area contributed by atoms with Gasteiger partial charge in [0.1, 0.15) is 37.1 Å². The number of nitrogens with two attached hydrogens (primary N) is 1. The zero-order valence-corrected chi connectivity index (χ0v) is 25.8. The van der Waals surface area contributed by atoms with Crippen LogP contribution in [0.2, 0.25) is 30.7 Å². The van der Waals surface area contributed by atoms with Gasteiger partial charge in [-0.2, -0.15) is 13.2 Å². The van der Waals surface area contributed by atoms with E-state index in [1.54, 1.807) is 18.7 Å². The minimum Gasteiger partial charge on any atom is -0.463 e.